The quantitative estimate of drug-likeness (QED) is 0.504. The van der Waals surface area contributed by atoms with Crippen LogP contribution >= 0.6 is 0 Å². The number of nitrogens with zero attached hydrogens (tertiary/aromatic N) is 3. The molecule has 0 radical (unpaired) electrons. The zero-order valence-electron chi connectivity index (χ0n) is 17.4. The number of likely N-dealkylation sites (tertiary alicyclic amines) is 1. The molecule has 162 valence electrons. The summed E-state index contributed by atoms with van der Waals surface area (Å²) >= 11 is 0. The first-order chi connectivity index (χ1) is 14.8. The fraction of sp³-hybridized carbons (Fsp3) is 0.409. The molecule has 9 heteroatoms. The first-order valence-corrected chi connectivity index (χ1v) is 10.5. The van der Waals surface area contributed by atoms with Gasteiger partial charge in [0.05, 0.1) is 5.56 Å². The molecule has 2 aliphatic rings. The number of hydrogen-bond acceptors (Lipinski definition) is 7. The van der Waals surface area contributed by atoms with Gasteiger partial charge in [0.15, 0.2) is 0 Å². The number of carbonyl (C=O) groups is 1. The summed E-state index contributed by atoms with van der Waals surface area (Å²) in [6, 6.07) is 5.98. The van der Waals surface area contributed by atoms with Gasteiger partial charge in [-0.25, -0.2) is 4.79 Å². The molecular formula is C22H26N6O3. The van der Waals surface area contributed by atoms with E-state index in [4.69, 9.17) is 16.2 Å². The fourth-order valence-corrected chi connectivity index (χ4v) is 4.90. The molecule has 1 saturated heterocycles. The van der Waals surface area contributed by atoms with Gasteiger partial charge in [0.1, 0.15) is 17.1 Å². The smallest absolute Gasteiger partial charge is 0.352 e. The predicted molar refractivity (Wildman–Crippen MR) is 117 cm³/mol. The maximum atomic E-state index is 11.9. The van der Waals surface area contributed by atoms with Crippen molar-refractivity contribution < 1.29 is 14.6 Å². The monoisotopic (exact) mass is 422 g/mol. The van der Waals surface area contributed by atoms with Gasteiger partial charge in [0.25, 0.3) is 0 Å². The van der Waals surface area contributed by atoms with Crippen LogP contribution in [0.4, 0.5) is 11.8 Å². The summed E-state index contributed by atoms with van der Waals surface area (Å²) in [5.41, 5.74) is 15.3. The number of nitrogens with one attached hydrogen (secondary N) is 1. The Balaban J connectivity index is 1.38. The second-order valence-corrected chi connectivity index (χ2v) is 8.68. The van der Waals surface area contributed by atoms with Crippen LogP contribution in [0.25, 0.3) is 10.9 Å². The standard InChI is InChI=1S/C22H26N6O3/c1-12-3-4-16-13(9-12)15(17(25-16)20(29)30)11-28-7-2-5-22(6-8-28)10-14-18(23)26-21(24)27-19(14)31-22/h3-4,9,25H,2,5-8,10-11H2,1H3,(H,29,30)(H4,23,24,26,27). The zero-order valence-corrected chi connectivity index (χ0v) is 17.4. The predicted octanol–water partition coefficient (Wildman–Crippen LogP) is 2.49. The molecule has 31 heavy (non-hydrogen) atoms. The van der Waals surface area contributed by atoms with E-state index in [2.05, 4.69) is 25.9 Å². The molecule has 0 aliphatic carbocycles. The molecule has 9 nitrogen and oxygen atoms in total. The van der Waals surface area contributed by atoms with E-state index in [0.29, 0.717) is 24.7 Å². The van der Waals surface area contributed by atoms with Crippen molar-refractivity contribution in [2.75, 3.05) is 24.6 Å². The van der Waals surface area contributed by atoms with E-state index < -0.39 is 5.97 Å². The highest BCUT2D eigenvalue weighted by atomic mass is 16.5. The summed E-state index contributed by atoms with van der Waals surface area (Å²) in [5, 5.41) is 10.7. The van der Waals surface area contributed by atoms with E-state index in [1.807, 2.05) is 19.1 Å². The Morgan fingerprint density at radius 2 is 2.13 bits per heavy atom. The van der Waals surface area contributed by atoms with E-state index in [0.717, 1.165) is 59.9 Å². The molecule has 1 aromatic carbocycles. The number of nitrogen functional groups attached to an aromatic ring is 2. The van der Waals surface area contributed by atoms with Gasteiger partial charge in [-0.05, 0) is 38.4 Å². The lowest BCUT2D eigenvalue weighted by atomic mass is 9.90. The molecule has 5 rings (SSSR count). The van der Waals surface area contributed by atoms with Crippen molar-refractivity contribution in [2.45, 2.75) is 44.8 Å². The molecule has 1 atom stereocenters. The van der Waals surface area contributed by atoms with Crippen molar-refractivity contribution in [1.29, 1.82) is 0 Å². The number of hydrogen-bond donors (Lipinski definition) is 4. The van der Waals surface area contributed by atoms with Crippen LogP contribution < -0.4 is 16.2 Å². The third-order valence-corrected chi connectivity index (χ3v) is 6.48. The second kappa shape index (κ2) is 7.12. The summed E-state index contributed by atoms with van der Waals surface area (Å²) < 4.78 is 6.27. The number of benzene rings is 1. The van der Waals surface area contributed by atoms with Gasteiger partial charge in [-0.2, -0.15) is 9.97 Å². The summed E-state index contributed by atoms with van der Waals surface area (Å²) in [5.74, 6) is 0.0789. The molecule has 4 heterocycles. The summed E-state index contributed by atoms with van der Waals surface area (Å²) in [6.45, 7) is 4.24. The number of nitrogens with two attached hydrogens (primary N) is 2. The Labute approximate surface area is 179 Å². The Kier molecular flexibility index (Phi) is 4.51. The van der Waals surface area contributed by atoms with Crippen LogP contribution in [0.15, 0.2) is 18.2 Å². The van der Waals surface area contributed by atoms with Crippen molar-refractivity contribution in [1.82, 2.24) is 19.9 Å². The van der Waals surface area contributed by atoms with Crippen LogP contribution in [0.3, 0.4) is 0 Å². The van der Waals surface area contributed by atoms with Gasteiger partial charge < -0.3 is 26.3 Å². The summed E-state index contributed by atoms with van der Waals surface area (Å²) in [7, 11) is 0. The maximum Gasteiger partial charge on any atom is 0.352 e. The number of aromatic amines is 1. The molecule has 2 aromatic heterocycles. The Morgan fingerprint density at radius 3 is 2.94 bits per heavy atom. The number of fused-ring (bicyclic) bond motifs is 2. The van der Waals surface area contributed by atoms with Crippen molar-refractivity contribution in [3.05, 3.63) is 40.6 Å². The molecule has 6 N–H and O–H groups in total. The van der Waals surface area contributed by atoms with E-state index in [1.165, 1.54) is 0 Å². The van der Waals surface area contributed by atoms with Crippen LogP contribution in [-0.2, 0) is 13.0 Å². The van der Waals surface area contributed by atoms with Crippen LogP contribution in [0, 0.1) is 6.92 Å². The number of carboxylic acid groups (broad SMARTS) is 1. The van der Waals surface area contributed by atoms with Crippen molar-refractivity contribution >= 4 is 28.6 Å². The average molecular weight is 422 g/mol. The topological polar surface area (TPSA) is 143 Å². The Hall–Kier alpha value is -3.33. The summed E-state index contributed by atoms with van der Waals surface area (Å²) in [6.07, 6.45) is 3.28. The second-order valence-electron chi connectivity index (χ2n) is 8.68. The Morgan fingerprint density at radius 1 is 1.29 bits per heavy atom. The largest absolute Gasteiger partial charge is 0.477 e. The number of anilines is 2. The number of ether oxygens (including phenoxy) is 1. The van der Waals surface area contributed by atoms with E-state index in [1.54, 1.807) is 0 Å². The molecule has 2 aliphatic heterocycles. The molecule has 1 unspecified atom stereocenters. The molecular weight excluding hydrogens is 396 g/mol. The number of aromatic carboxylic acids is 1. The molecule has 0 saturated carbocycles. The lowest BCUT2D eigenvalue weighted by Crippen LogP contribution is -2.36. The molecule has 0 bridgehead atoms. The normalized spacial score (nSPS) is 21.2. The molecule has 1 fully saturated rings. The maximum absolute atomic E-state index is 11.9. The minimum Gasteiger partial charge on any atom is -0.477 e. The number of carboxylic acids is 1. The zero-order chi connectivity index (χ0) is 21.8. The van der Waals surface area contributed by atoms with Crippen LogP contribution in [0.5, 0.6) is 5.88 Å². The third kappa shape index (κ3) is 3.44. The summed E-state index contributed by atoms with van der Waals surface area (Å²) in [4.78, 5) is 25.6. The lowest BCUT2D eigenvalue weighted by molar-refractivity contribution is 0.0683. The highest BCUT2D eigenvalue weighted by Gasteiger charge is 2.43. The van der Waals surface area contributed by atoms with E-state index in [9.17, 15) is 9.90 Å². The number of rotatable bonds is 3. The number of aryl methyl sites for hydroxylation is 1. The van der Waals surface area contributed by atoms with Crippen LogP contribution in [0.1, 0.15) is 46.4 Å². The van der Waals surface area contributed by atoms with Gasteiger partial charge in [-0.1, -0.05) is 11.6 Å². The van der Waals surface area contributed by atoms with E-state index in [-0.39, 0.29) is 17.2 Å². The molecule has 0 amide bonds. The minimum atomic E-state index is -0.934. The van der Waals surface area contributed by atoms with Crippen LogP contribution in [0.2, 0.25) is 0 Å². The van der Waals surface area contributed by atoms with Gasteiger partial charge >= 0.3 is 5.97 Å². The van der Waals surface area contributed by atoms with Crippen molar-refractivity contribution in [3.63, 3.8) is 0 Å². The van der Waals surface area contributed by atoms with E-state index >= 15 is 0 Å². The first-order valence-electron chi connectivity index (χ1n) is 10.5. The van der Waals surface area contributed by atoms with Gasteiger partial charge in [0.2, 0.25) is 11.8 Å². The first kappa shape index (κ1) is 19.6. The van der Waals surface area contributed by atoms with Gasteiger partial charge in [0, 0.05) is 42.4 Å². The third-order valence-electron chi connectivity index (χ3n) is 6.48. The van der Waals surface area contributed by atoms with Gasteiger partial charge in [-0.15, -0.1) is 0 Å². The molecule has 3 aromatic rings. The number of H-pyrrole nitrogens is 1. The average Bonchev–Trinajstić information content (AvgIpc) is 3.17. The van der Waals surface area contributed by atoms with Crippen LogP contribution in [-0.4, -0.2) is 49.6 Å². The van der Waals surface area contributed by atoms with Crippen molar-refractivity contribution in [2.24, 2.45) is 0 Å². The van der Waals surface area contributed by atoms with Gasteiger partial charge in [-0.3, -0.25) is 4.90 Å². The van der Waals surface area contributed by atoms with Crippen molar-refractivity contribution in [3.8, 4) is 5.88 Å². The SMILES string of the molecule is Cc1ccc2[nH]c(C(=O)O)c(CN3CCCC4(CC3)Cc3c(N)nc(N)nc3O4)c2c1. The minimum absolute atomic E-state index is 0.124. The highest BCUT2D eigenvalue weighted by Crippen LogP contribution is 2.42. The fourth-order valence-electron chi connectivity index (χ4n) is 4.90. The molecule has 1 spiro atoms. The number of aromatic nitrogens is 3. The lowest BCUT2D eigenvalue weighted by Gasteiger charge is -2.27. The highest BCUT2D eigenvalue weighted by molar-refractivity contribution is 5.97. The Bertz CT molecular complexity index is 1190.